The molecule has 196 valence electrons. The van der Waals surface area contributed by atoms with Gasteiger partial charge in [0.05, 0.1) is 19.8 Å². The topological polar surface area (TPSA) is 161 Å². The molecule has 1 aromatic carbocycles. The van der Waals surface area contributed by atoms with Crippen LogP contribution >= 0.6 is 0 Å². The molecule has 0 saturated carbocycles. The molecule has 35 heavy (non-hydrogen) atoms. The van der Waals surface area contributed by atoms with E-state index in [2.05, 4.69) is 0 Å². The maximum atomic E-state index is 12.1. The first-order valence-electron chi connectivity index (χ1n) is 11.6. The molecule has 3 atom stereocenters. The van der Waals surface area contributed by atoms with Gasteiger partial charge in [0.2, 0.25) is 0 Å². The lowest BCUT2D eigenvalue weighted by Crippen LogP contribution is -2.40. The molecule has 0 bridgehead atoms. The summed E-state index contributed by atoms with van der Waals surface area (Å²) in [7, 11) is 0. The van der Waals surface area contributed by atoms with E-state index in [9.17, 15) is 24.3 Å². The number of rotatable bonds is 14. The van der Waals surface area contributed by atoms with E-state index in [1.54, 1.807) is 13.8 Å². The highest BCUT2D eigenvalue weighted by Crippen LogP contribution is 2.36. The Morgan fingerprint density at radius 3 is 1.97 bits per heavy atom. The van der Waals surface area contributed by atoms with Gasteiger partial charge in [0.15, 0.2) is 11.5 Å². The summed E-state index contributed by atoms with van der Waals surface area (Å²) in [5.74, 6) is -3.34. The number of aliphatic carboxylic acids is 1. The van der Waals surface area contributed by atoms with Crippen molar-refractivity contribution in [3.8, 4) is 11.5 Å². The molecule has 0 amide bonds. The largest absolute Gasteiger partial charge is 0.513 e. The summed E-state index contributed by atoms with van der Waals surface area (Å²) in [4.78, 5) is 47.6. The van der Waals surface area contributed by atoms with E-state index in [1.807, 2.05) is 13.8 Å². The van der Waals surface area contributed by atoms with Gasteiger partial charge in [0, 0.05) is 12.3 Å². The van der Waals surface area contributed by atoms with Crippen molar-refractivity contribution in [3.63, 3.8) is 0 Å². The van der Waals surface area contributed by atoms with Crippen LogP contribution in [0.25, 0.3) is 0 Å². The average molecular weight is 498 g/mol. The van der Waals surface area contributed by atoms with Crippen molar-refractivity contribution in [1.29, 1.82) is 0 Å². The van der Waals surface area contributed by atoms with Gasteiger partial charge in [-0.15, -0.1) is 0 Å². The smallest absolute Gasteiger partial charge is 0.480 e. The van der Waals surface area contributed by atoms with Crippen molar-refractivity contribution in [2.75, 3.05) is 19.8 Å². The second-order valence-electron chi connectivity index (χ2n) is 7.91. The van der Waals surface area contributed by atoms with Crippen molar-refractivity contribution in [1.82, 2.24) is 0 Å². The zero-order valence-corrected chi connectivity index (χ0v) is 20.6. The Balaban J connectivity index is 3.30. The Bertz CT molecular complexity index is 857. The highest BCUT2D eigenvalue weighted by atomic mass is 16.7. The summed E-state index contributed by atoms with van der Waals surface area (Å²) >= 11 is 0. The Hall–Kier alpha value is -3.34. The normalized spacial score (nSPS) is 13.2. The molecule has 1 aromatic rings. The summed E-state index contributed by atoms with van der Waals surface area (Å²) < 4.78 is 25.5. The predicted octanol–water partition coefficient (Wildman–Crippen LogP) is 4.01. The third kappa shape index (κ3) is 10.2. The molecule has 0 aliphatic heterocycles. The standard InChI is InChI=1S/C24H35NO10/c1-5-8-19(26)33-14-15(4)20(21(25)22(27)28)16-9-10-17(34-23(29)31-11-6-2)18(13-16)35-24(30)32-12-7-3/h9-10,13,15,20-21H,5-8,11-12,14,25H2,1-4H3,(H,27,28)/t15?,20?,21-/m0/s1. The second kappa shape index (κ2) is 15.5. The Kier molecular flexibility index (Phi) is 13.2. The van der Waals surface area contributed by atoms with Crippen molar-refractivity contribution in [3.05, 3.63) is 23.8 Å². The lowest BCUT2D eigenvalue weighted by molar-refractivity contribution is -0.145. The molecule has 1 rings (SSSR count). The molecule has 0 aliphatic rings. The maximum Gasteiger partial charge on any atom is 0.513 e. The number of hydrogen-bond acceptors (Lipinski definition) is 10. The van der Waals surface area contributed by atoms with E-state index in [0.717, 1.165) is 0 Å². The summed E-state index contributed by atoms with van der Waals surface area (Å²) in [6.07, 6.45) is -0.0392. The zero-order chi connectivity index (χ0) is 26.4. The van der Waals surface area contributed by atoms with Crippen molar-refractivity contribution >= 4 is 24.2 Å². The van der Waals surface area contributed by atoms with Gasteiger partial charge in [-0.25, -0.2) is 9.59 Å². The summed E-state index contributed by atoms with van der Waals surface area (Å²) in [6.45, 7) is 7.32. The fourth-order valence-corrected chi connectivity index (χ4v) is 3.15. The first kappa shape index (κ1) is 29.7. The summed E-state index contributed by atoms with van der Waals surface area (Å²) in [5.41, 5.74) is 6.34. The van der Waals surface area contributed by atoms with Crippen LogP contribution in [0.15, 0.2) is 18.2 Å². The lowest BCUT2D eigenvalue weighted by atomic mass is 9.82. The number of hydrogen-bond donors (Lipinski definition) is 2. The zero-order valence-electron chi connectivity index (χ0n) is 20.6. The Morgan fingerprint density at radius 2 is 1.46 bits per heavy atom. The predicted molar refractivity (Wildman–Crippen MR) is 124 cm³/mol. The van der Waals surface area contributed by atoms with Crippen LogP contribution in [0, 0.1) is 5.92 Å². The van der Waals surface area contributed by atoms with Gasteiger partial charge in [0.25, 0.3) is 0 Å². The maximum absolute atomic E-state index is 12.1. The van der Waals surface area contributed by atoms with E-state index < -0.39 is 42.1 Å². The van der Waals surface area contributed by atoms with Crippen LogP contribution < -0.4 is 15.2 Å². The Morgan fingerprint density at radius 1 is 0.886 bits per heavy atom. The highest BCUT2D eigenvalue weighted by molar-refractivity contribution is 5.75. The number of nitrogens with two attached hydrogens (primary N) is 1. The number of carboxylic acid groups (broad SMARTS) is 1. The molecule has 11 nitrogen and oxygen atoms in total. The number of benzene rings is 1. The minimum atomic E-state index is -1.36. The molecule has 0 aromatic heterocycles. The van der Waals surface area contributed by atoms with Crippen LogP contribution in [-0.4, -0.2) is 55.2 Å². The van der Waals surface area contributed by atoms with Gasteiger partial charge < -0.3 is 34.5 Å². The number of esters is 1. The molecule has 0 heterocycles. The Labute approximate surface area is 204 Å². The quantitative estimate of drug-likeness (QED) is 0.217. The van der Waals surface area contributed by atoms with Gasteiger partial charge in [-0.2, -0.15) is 0 Å². The molecule has 3 N–H and O–H groups in total. The van der Waals surface area contributed by atoms with E-state index >= 15 is 0 Å². The van der Waals surface area contributed by atoms with Gasteiger partial charge in [0.1, 0.15) is 6.04 Å². The van der Waals surface area contributed by atoms with Gasteiger partial charge in [-0.05, 0) is 42.9 Å². The van der Waals surface area contributed by atoms with Crippen LogP contribution in [0.4, 0.5) is 9.59 Å². The van der Waals surface area contributed by atoms with Crippen molar-refractivity contribution < 1.29 is 48.0 Å². The number of ether oxygens (including phenoxy) is 5. The molecule has 0 saturated heterocycles. The van der Waals surface area contributed by atoms with Crippen LogP contribution in [-0.2, 0) is 23.8 Å². The molecule has 0 radical (unpaired) electrons. The van der Waals surface area contributed by atoms with Crippen LogP contribution in [0.1, 0.15) is 64.9 Å². The molecule has 11 heteroatoms. The van der Waals surface area contributed by atoms with Gasteiger partial charge in [-0.3, -0.25) is 9.59 Å². The first-order valence-corrected chi connectivity index (χ1v) is 11.6. The average Bonchev–Trinajstić information content (AvgIpc) is 2.81. The molecule has 0 aliphatic carbocycles. The highest BCUT2D eigenvalue weighted by Gasteiger charge is 2.32. The van der Waals surface area contributed by atoms with Crippen LogP contribution in [0.3, 0.4) is 0 Å². The summed E-state index contributed by atoms with van der Waals surface area (Å²) in [6, 6.07) is 2.80. The molecule has 0 spiro atoms. The van der Waals surface area contributed by atoms with Crippen molar-refractivity contribution in [2.24, 2.45) is 11.7 Å². The van der Waals surface area contributed by atoms with Crippen LogP contribution in [0.5, 0.6) is 11.5 Å². The third-order valence-electron chi connectivity index (χ3n) is 4.83. The first-order chi connectivity index (χ1) is 16.6. The fraction of sp³-hybridized carbons (Fsp3) is 0.583. The summed E-state index contributed by atoms with van der Waals surface area (Å²) in [5, 5.41) is 9.57. The number of carboxylic acids is 1. The molecular formula is C24H35NO10. The minimum absolute atomic E-state index is 0.0686. The SMILES string of the molecule is CCCOC(=O)Oc1ccc(C(C(C)COC(=O)CCC)[C@H](N)C(=O)O)cc1OC(=O)OCCC. The van der Waals surface area contributed by atoms with Gasteiger partial charge in [-0.1, -0.05) is 33.8 Å². The molecule has 0 fully saturated rings. The number of carbonyl (C=O) groups excluding carboxylic acids is 3. The van der Waals surface area contributed by atoms with E-state index in [4.69, 9.17) is 29.4 Å². The lowest BCUT2D eigenvalue weighted by Gasteiger charge is -2.28. The second-order valence-corrected chi connectivity index (χ2v) is 7.91. The fourth-order valence-electron chi connectivity index (χ4n) is 3.15. The van der Waals surface area contributed by atoms with Gasteiger partial charge >= 0.3 is 24.2 Å². The number of carbonyl (C=O) groups is 4. The van der Waals surface area contributed by atoms with Crippen molar-refractivity contribution in [2.45, 2.75) is 65.3 Å². The van der Waals surface area contributed by atoms with Crippen LogP contribution in [0.2, 0.25) is 0 Å². The minimum Gasteiger partial charge on any atom is -0.480 e. The molecular weight excluding hydrogens is 462 g/mol. The van der Waals surface area contributed by atoms with E-state index in [1.165, 1.54) is 18.2 Å². The monoisotopic (exact) mass is 497 g/mol. The third-order valence-corrected chi connectivity index (χ3v) is 4.83. The molecule has 2 unspecified atom stereocenters. The van der Waals surface area contributed by atoms with E-state index in [-0.39, 0.29) is 37.7 Å². The van der Waals surface area contributed by atoms with E-state index in [0.29, 0.717) is 24.8 Å².